The van der Waals surface area contributed by atoms with E-state index in [0.29, 0.717) is 47.2 Å². The molecule has 1 amide bonds. The number of carbonyl (C=O) groups excluding carboxylic acids is 1. The van der Waals surface area contributed by atoms with Crippen LogP contribution >= 0.6 is 23.4 Å². The van der Waals surface area contributed by atoms with Gasteiger partial charge in [-0.25, -0.2) is 4.98 Å². The smallest absolute Gasteiger partial charge is 0.262 e. The third kappa shape index (κ3) is 5.26. The molecule has 0 fully saturated rings. The minimum absolute atomic E-state index is 0.0140. The maximum Gasteiger partial charge on any atom is 0.262 e. The van der Waals surface area contributed by atoms with Crippen molar-refractivity contribution in [2.24, 2.45) is 0 Å². The number of aromatic nitrogens is 2. The molecule has 8 heteroatoms. The van der Waals surface area contributed by atoms with Crippen molar-refractivity contribution in [3.05, 3.63) is 63.4 Å². The Labute approximate surface area is 202 Å². The van der Waals surface area contributed by atoms with Gasteiger partial charge in [-0.3, -0.25) is 14.2 Å². The highest BCUT2D eigenvalue weighted by Gasteiger charge is 2.29. The largest absolute Gasteiger partial charge is 0.379 e. The number of anilines is 1. The van der Waals surface area contributed by atoms with Crippen LogP contribution in [0.15, 0.2) is 52.4 Å². The van der Waals surface area contributed by atoms with Gasteiger partial charge in [0.1, 0.15) is 0 Å². The molecule has 6 nitrogen and oxygen atoms in total. The first-order valence-corrected chi connectivity index (χ1v) is 12.5. The van der Waals surface area contributed by atoms with Crippen molar-refractivity contribution in [3.63, 3.8) is 0 Å². The molecule has 0 saturated heterocycles. The minimum Gasteiger partial charge on any atom is -0.379 e. The summed E-state index contributed by atoms with van der Waals surface area (Å²) in [7, 11) is 0. The van der Waals surface area contributed by atoms with Gasteiger partial charge in [0.2, 0.25) is 5.91 Å². The van der Waals surface area contributed by atoms with Crippen LogP contribution in [0, 0.1) is 0 Å². The lowest BCUT2D eigenvalue weighted by molar-refractivity contribution is -0.117. The molecule has 1 aliphatic rings. The SMILES string of the molecule is CC(C)OCCCn1c(S[C@@H](C)C(=O)N2CCc3ccccc32)nc2cc(Cl)ccc2c1=O. The Hall–Kier alpha value is -2.35. The van der Waals surface area contributed by atoms with Crippen molar-refractivity contribution in [1.82, 2.24) is 9.55 Å². The van der Waals surface area contributed by atoms with E-state index in [9.17, 15) is 9.59 Å². The van der Waals surface area contributed by atoms with E-state index in [2.05, 4.69) is 6.07 Å². The van der Waals surface area contributed by atoms with Crippen LogP contribution in [0.25, 0.3) is 10.9 Å². The van der Waals surface area contributed by atoms with Gasteiger partial charge in [0.25, 0.3) is 5.56 Å². The van der Waals surface area contributed by atoms with E-state index >= 15 is 0 Å². The van der Waals surface area contributed by atoms with Crippen molar-refractivity contribution in [2.45, 2.75) is 56.7 Å². The second-order valence-electron chi connectivity index (χ2n) is 8.41. The molecule has 0 unspecified atom stereocenters. The summed E-state index contributed by atoms with van der Waals surface area (Å²) in [6.07, 6.45) is 1.66. The van der Waals surface area contributed by atoms with Crippen molar-refractivity contribution >= 4 is 45.9 Å². The first kappa shape index (κ1) is 23.8. The quantitative estimate of drug-likeness (QED) is 0.257. The van der Waals surface area contributed by atoms with Gasteiger partial charge in [-0.1, -0.05) is 41.6 Å². The van der Waals surface area contributed by atoms with Gasteiger partial charge in [0, 0.05) is 30.4 Å². The number of nitrogens with zero attached hydrogens (tertiary/aromatic N) is 3. The van der Waals surface area contributed by atoms with Crippen molar-refractivity contribution in [2.75, 3.05) is 18.1 Å². The summed E-state index contributed by atoms with van der Waals surface area (Å²) in [5.74, 6) is 0.0140. The molecule has 0 N–H and O–H groups in total. The summed E-state index contributed by atoms with van der Waals surface area (Å²) in [6, 6.07) is 13.1. The maximum absolute atomic E-state index is 13.3. The Morgan fingerprint density at radius 1 is 1.21 bits per heavy atom. The zero-order chi connectivity index (χ0) is 23.5. The van der Waals surface area contributed by atoms with Gasteiger partial charge in [0.05, 0.1) is 22.3 Å². The van der Waals surface area contributed by atoms with E-state index in [-0.39, 0.29) is 17.6 Å². The van der Waals surface area contributed by atoms with Crippen LogP contribution in [-0.4, -0.2) is 40.0 Å². The molecule has 1 atom stereocenters. The maximum atomic E-state index is 13.3. The van der Waals surface area contributed by atoms with Gasteiger partial charge < -0.3 is 9.64 Å². The molecule has 174 valence electrons. The molecule has 3 aromatic rings. The third-order valence-corrected chi connectivity index (χ3v) is 6.96. The van der Waals surface area contributed by atoms with E-state index in [1.54, 1.807) is 22.8 Å². The predicted molar refractivity (Wildman–Crippen MR) is 135 cm³/mol. The summed E-state index contributed by atoms with van der Waals surface area (Å²) in [5.41, 5.74) is 2.56. The zero-order valence-electron chi connectivity index (χ0n) is 19.1. The van der Waals surface area contributed by atoms with Crippen LogP contribution < -0.4 is 10.5 Å². The highest BCUT2D eigenvalue weighted by atomic mass is 35.5. The number of fused-ring (bicyclic) bond motifs is 2. The van der Waals surface area contributed by atoms with Crippen LogP contribution in [0.4, 0.5) is 5.69 Å². The predicted octanol–water partition coefficient (Wildman–Crippen LogP) is 4.93. The first-order valence-electron chi connectivity index (χ1n) is 11.2. The van der Waals surface area contributed by atoms with E-state index in [1.807, 2.05) is 43.9 Å². The summed E-state index contributed by atoms with van der Waals surface area (Å²) >= 11 is 7.47. The molecule has 4 rings (SSSR count). The Kier molecular flexibility index (Phi) is 7.41. The number of hydrogen-bond donors (Lipinski definition) is 0. The minimum atomic E-state index is -0.405. The molecular formula is C25H28ClN3O3S. The second kappa shape index (κ2) is 10.3. The number of thioether (sulfide) groups is 1. The number of rotatable bonds is 8. The normalized spacial score (nSPS) is 14.2. The van der Waals surface area contributed by atoms with Crippen LogP contribution in [-0.2, 0) is 22.5 Å². The summed E-state index contributed by atoms with van der Waals surface area (Å²) in [5, 5.41) is 1.15. The van der Waals surface area contributed by atoms with Crippen LogP contribution in [0.1, 0.15) is 32.8 Å². The number of benzene rings is 2. The molecule has 2 aromatic carbocycles. The van der Waals surface area contributed by atoms with E-state index in [4.69, 9.17) is 21.3 Å². The van der Waals surface area contributed by atoms with Gasteiger partial charge in [-0.2, -0.15) is 0 Å². The average Bonchev–Trinajstić information content (AvgIpc) is 3.21. The van der Waals surface area contributed by atoms with Gasteiger partial charge in [-0.15, -0.1) is 0 Å². The lowest BCUT2D eigenvalue weighted by atomic mass is 10.2. The lowest BCUT2D eigenvalue weighted by Crippen LogP contribution is -2.36. The Balaban J connectivity index is 1.61. The average molecular weight is 486 g/mol. The highest BCUT2D eigenvalue weighted by molar-refractivity contribution is 8.00. The number of hydrogen-bond acceptors (Lipinski definition) is 5. The molecule has 0 radical (unpaired) electrons. The molecule has 1 aliphatic heterocycles. The van der Waals surface area contributed by atoms with Crippen molar-refractivity contribution in [3.8, 4) is 0 Å². The fourth-order valence-electron chi connectivity index (χ4n) is 4.00. The highest BCUT2D eigenvalue weighted by Crippen LogP contribution is 2.31. The summed E-state index contributed by atoms with van der Waals surface area (Å²) < 4.78 is 7.30. The Morgan fingerprint density at radius 3 is 2.79 bits per heavy atom. The Morgan fingerprint density at radius 2 is 2.00 bits per heavy atom. The summed E-state index contributed by atoms with van der Waals surface area (Å²) in [6.45, 7) is 7.52. The van der Waals surface area contributed by atoms with Gasteiger partial charge in [0.15, 0.2) is 5.16 Å². The second-order valence-corrected chi connectivity index (χ2v) is 10.2. The number of carbonyl (C=O) groups is 1. The number of ether oxygens (including phenoxy) is 1. The Bertz CT molecular complexity index is 1230. The van der Waals surface area contributed by atoms with E-state index < -0.39 is 5.25 Å². The molecule has 1 aromatic heterocycles. The van der Waals surface area contributed by atoms with Crippen LogP contribution in [0.3, 0.4) is 0 Å². The first-order chi connectivity index (χ1) is 15.8. The number of amides is 1. The van der Waals surface area contributed by atoms with Crippen LogP contribution in [0.5, 0.6) is 0 Å². The molecule has 0 spiro atoms. The number of para-hydroxylation sites is 1. The fraction of sp³-hybridized carbons (Fsp3) is 0.400. The van der Waals surface area contributed by atoms with Crippen LogP contribution in [0.2, 0.25) is 5.02 Å². The van der Waals surface area contributed by atoms with Crippen molar-refractivity contribution in [1.29, 1.82) is 0 Å². The fourth-order valence-corrected chi connectivity index (χ4v) is 5.16. The van der Waals surface area contributed by atoms with E-state index in [1.165, 1.54) is 17.3 Å². The molecule has 0 saturated carbocycles. The zero-order valence-corrected chi connectivity index (χ0v) is 20.7. The lowest BCUT2D eigenvalue weighted by Gasteiger charge is -2.22. The third-order valence-electron chi connectivity index (χ3n) is 5.64. The molecule has 33 heavy (non-hydrogen) atoms. The van der Waals surface area contributed by atoms with Crippen molar-refractivity contribution < 1.29 is 9.53 Å². The van der Waals surface area contributed by atoms with Gasteiger partial charge in [-0.05, 0) is 63.4 Å². The topological polar surface area (TPSA) is 64.4 Å². The standard InChI is InChI=1S/C25H28ClN3O3S/c1-16(2)32-14-6-12-29-24(31)20-10-9-19(26)15-21(20)27-25(29)33-17(3)23(30)28-13-11-18-7-4-5-8-22(18)28/h4-5,7-10,15-17H,6,11-14H2,1-3H3/t17-/m0/s1. The molecule has 2 heterocycles. The number of halogens is 1. The molecule has 0 aliphatic carbocycles. The monoisotopic (exact) mass is 485 g/mol. The summed E-state index contributed by atoms with van der Waals surface area (Å²) in [4.78, 5) is 33.2. The van der Waals surface area contributed by atoms with E-state index in [0.717, 1.165) is 12.1 Å². The molecular weight excluding hydrogens is 458 g/mol. The van der Waals surface area contributed by atoms with Gasteiger partial charge >= 0.3 is 0 Å². The molecule has 0 bridgehead atoms.